The first-order valence-electron chi connectivity index (χ1n) is 13.6. The minimum atomic E-state index is -1.06. The Kier molecular flexibility index (Phi) is 9.97. The number of fused-ring (bicyclic) bond motifs is 1. The number of H-pyrrole nitrogens is 1. The molecule has 0 saturated carbocycles. The Labute approximate surface area is 247 Å². The van der Waals surface area contributed by atoms with E-state index in [0.717, 1.165) is 5.39 Å². The van der Waals surface area contributed by atoms with Crippen molar-refractivity contribution in [3.8, 4) is 5.75 Å². The van der Waals surface area contributed by atoms with Gasteiger partial charge in [0.1, 0.15) is 23.8 Å². The normalized spacial score (nSPS) is 18.0. The molecule has 3 aromatic rings. The molecule has 12 heteroatoms. The van der Waals surface area contributed by atoms with Crippen LogP contribution in [0.2, 0.25) is 5.02 Å². The summed E-state index contributed by atoms with van der Waals surface area (Å²) in [7, 11) is 1.54. The number of esters is 1. The Morgan fingerprint density at radius 1 is 1.21 bits per heavy atom. The smallest absolute Gasteiger partial charge is 0.338 e. The van der Waals surface area contributed by atoms with E-state index >= 15 is 0 Å². The van der Waals surface area contributed by atoms with Crippen LogP contribution in [0, 0.1) is 5.92 Å². The third-order valence-corrected chi connectivity index (χ3v) is 7.64. The molecule has 4 rings (SSSR count). The van der Waals surface area contributed by atoms with Crippen molar-refractivity contribution in [1.82, 2.24) is 15.2 Å². The van der Waals surface area contributed by atoms with E-state index in [1.54, 1.807) is 31.2 Å². The molecule has 1 saturated heterocycles. The van der Waals surface area contributed by atoms with Gasteiger partial charge in [-0.25, -0.2) is 4.79 Å². The highest BCUT2D eigenvalue weighted by molar-refractivity contribution is 6.30. The third kappa shape index (κ3) is 6.80. The highest BCUT2D eigenvalue weighted by Crippen LogP contribution is 2.28. The van der Waals surface area contributed by atoms with E-state index in [2.05, 4.69) is 10.3 Å². The fourth-order valence-corrected chi connectivity index (χ4v) is 5.37. The number of aldehydes is 1. The van der Waals surface area contributed by atoms with Gasteiger partial charge in [-0.2, -0.15) is 0 Å². The van der Waals surface area contributed by atoms with Crippen LogP contribution in [0.3, 0.4) is 0 Å². The Hall–Kier alpha value is -4.22. The number of rotatable bonds is 13. The zero-order valence-electron chi connectivity index (χ0n) is 23.3. The topological polar surface area (TPSA) is 161 Å². The average molecular weight is 597 g/mol. The maximum atomic E-state index is 13.6. The van der Waals surface area contributed by atoms with Gasteiger partial charge in [0, 0.05) is 27.9 Å². The van der Waals surface area contributed by atoms with Crippen LogP contribution >= 0.6 is 11.6 Å². The van der Waals surface area contributed by atoms with Crippen LogP contribution in [0.25, 0.3) is 10.9 Å². The molecule has 0 aliphatic carbocycles. The predicted molar refractivity (Wildman–Crippen MR) is 155 cm³/mol. The molecule has 4 atom stereocenters. The molecule has 0 bridgehead atoms. The minimum absolute atomic E-state index is 0.0105. The molecule has 2 aromatic carbocycles. The lowest BCUT2D eigenvalue weighted by atomic mass is 9.94. The number of aromatic amines is 1. The monoisotopic (exact) mass is 596 g/mol. The Balaban J connectivity index is 1.50. The van der Waals surface area contributed by atoms with Crippen LogP contribution in [-0.2, 0) is 19.1 Å². The van der Waals surface area contributed by atoms with E-state index in [9.17, 15) is 24.0 Å². The SMILES string of the molecule is COc1cccc2[nH]c(C(=O)N[C@H]3CC(C)N([C@@H](C[C@@H](C=O)CCN)C(=O)COC(=O)c4ccc(Cl)cc4)C3=O)cc12. The molecule has 0 spiro atoms. The van der Waals surface area contributed by atoms with E-state index in [0.29, 0.717) is 29.0 Å². The number of ketones is 1. The molecule has 1 aliphatic heterocycles. The number of ether oxygens (including phenoxy) is 2. The number of amides is 2. The van der Waals surface area contributed by atoms with Crippen molar-refractivity contribution in [1.29, 1.82) is 0 Å². The lowest BCUT2D eigenvalue weighted by Gasteiger charge is -2.32. The molecule has 2 heterocycles. The summed E-state index contributed by atoms with van der Waals surface area (Å²) in [5, 5.41) is 3.93. The van der Waals surface area contributed by atoms with Gasteiger partial charge in [-0.3, -0.25) is 14.4 Å². The first kappa shape index (κ1) is 30.7. The Bertz CT molecular complexity index is 1470. The molecule has 2 amide bonds. The van der Waals surface area contributed by atoms with Crippen LogP contribution in [0.15, 0.2) is 48.5 Å². The summed E-state index contributed by atoms with van der Waals surface area (Å²) in [5.41, 5.74) is 6.81. The minimum Gasteiger partial charge on any atom is -0.496 e. The van der Waals surface area contributed by atoms with E-state index < -0.39 is 54.2 Å². The Morgan fingerprint density at radius 2 is 1.95 bits per heavy atom. The molecule has 0 radical (unpaired) electrons. The van der Waals surface area contributed by atoms with Crippen LogP contribution in [0.4, 0.5) is 0 Å². The van der Waals surface area contributed by atoms with Gasteiger partial charge >= 0.3 is 5.97 Å². The summed E-state index contributed by atoms with van der Waals surface area (Å²) in [5.74, 6) is -2.23. The second-order valence-electron chi connectivity index (χ2n) is 10.2. The summed E-state index contributed by atoms with van der Waals surface area (Å²) in [4.78, 5) is 68.9. The van der Waals surface area contributed by atoms with Crippen molar-refractivity contribution < 1.29 is 33.4 Å². The number of methoxy groups -OCH3 is 1. The van der Waals surface area contributed by atoms with Gasteiger partial charge in [0.25, 0.3) is 5.91 Å². The molecule has 11 nitrogen and oxygen atoms in total. The first-order chi connectivity index (χ1) is 20.2. The zero-order valence-corrected chi connectivity index (χ0v) is 24.1. The zero-order chi connectivity index (χ0) is 30.4. The van der Waals surface area contributed by atoms with Gasteiger partial charge < -0.3 is 35.2 Å². The van der Waals surface area contributed by atoms with Crippen LogP contribution in [-0.4, -0.2) is 78.1 Å². The highest BCUT2D eigenvalue weighted by Gasteiger charge is 2.44. The standard InChI is InChI=1S/C30H33ClN4O7/c1-17-12-24(34-28(38)23-14-21-22(33-23)4-3-5-27(21)41-2)29(39)35(17)25(13-18(15-36)10-11-32)26(37)16-42-30(40)19-6-8-20(31)9-7-19/h3-9,14-15,17-18,24-25,33H,10-13,16,32H2,1-2H3,(H,34,38)/t17?,18-,24-,25-/m0/s1. The number of carbonyl (C=O) groups is 5. The van der Waals surface area contributed by atoms with Crippen molar-refractivity contribution in [2.45, 2.75) is 44.3 Å². The van der Waals surface area contributed by atoms with Gasteiger partial charge in [-0.1, -0.05) is 17.7 Å². The molecular weight excluding hydrogens is 564 g/mol. The second-order valence-corrected chi connectivity index (χ2v) is 10.7. The molecule has 1 unspecified atom stereocenters. The number of hydrogen-bond donors (Lipinski definition) is 3. The molecule has 1 aliphatic rings. The van der Waals surface area contributed by atoms with E-state index in [1.807, 2.05) is 0 Å². The lowest BCUT2D eigenvalue weighted by molar-refractivity contribution is -0.141. The second kappa shape index (κ2) is 13.6. The van der Waals surface area contributed by atoms with E-state index in [1.165, 1.54) is 36.3 Å². The van der Waals surface area contributed by atoms with Gasteiger partial charge in [-0.05, 0) is 75.2 Å². The van der Waals surface area contributed by atoms with Gasteiger partial charge in [-0.15, -0.1) is 0 Å². The van der Waals surface area contributed by atoms with Crippen LogP contribution < -0.4 is 15.8 Å². The highest BCUT2D eigenvalue weighted by atomic mass is 35.5. The van der Waals surface area contributed by atoms with E-state index in [-0.39, 0.29) is 30.6 Å². The number of aromatic nitrogens is 1. The van der Waals surface area contributed by atoms with Gasteiger partial charge in [0.2, 0.25) is 5.91 Å². The number of Topliss-reactive ketones (excluding diaryl/α,β-unsaturated/α-hetero) is 1. The fraction of sp³-hybridized carbons (Fsp3) is 0.367. The number of benzene rings is 2. The first-order valence-corrected chi connectivity index (χ1v) is 13.9. The number of halogens is 1. The Morgan fingerprint density at radius 3 is 2.62 bits per heavy atom. The summed E-state index contributed by atoms with van der Waals surface area (Å²) >= 11 is 5.87. The maximum absolute atomic E-state index is 13.6. The average Bonchev–Trinajstić information content (AvgIpc) is 3.54. The van der Waals surface area contributed by atoms with Crippen LogP contribution in [0.1, 0.15) is 47.0 Å². The van der Waals surface area contributed by atoms with Crippen LogP contribution in [0.5, 0.6) is 5.75 Å². The number of nitrogens with two attached hydrogens (primary N) is 1. The quantitative estimate of drug-likeness (QED) is 0.200. The predicted octanol–water partition coefficient (Wildman–Crippen LogP) is 2.90. The van der Waals surface area contributed by atoms with Gasteiger partial charge in [0.05, 0.1) is 18.7 Å². The van der Waals surface area contributed by atoms with E-state index in [4.69, 9.17) is 26.8 Å². The van der Waals surface area contributed by atoms with Crippen molar-refractivity contribution in [2.24, 2.45) is 11.7 Å². The summed E-state index contributed by atoms with van der Waals surface area (Å²) < 4.78 is 10.6. The number of nitrogens with one attached hydrogen (secondary N) is 2. The van der Waals surface area contributed by atoms with Crippen molar-refractivity contribution in [3.05, 3.63) is 64.8 Å². The summed E-state index contributed by atoms with van der Waals surface area (Å²) in [6.07, 6.45) is 1.28. The summed E-state index contributed by atoms with van der Waals surface area (Å²) in [6.45, 7) is 1.37. The van der Waals surface area contributed by atoms with Gasteiger partial charge in [0.15, 0.2) is 12.4 Å². The lowest BCUT2D eigenvalue weighted by Crippen LogP contribution is -2.50. The van der Waals surface area contributed by atoms with Crippen molar-refractivity contribution in [2.75, 3.05) is 20.3 Å². The number of likely N-dealkylation sites (tertiary alicyclic amines) is 1. The van der Waals surface area contributed by atoms with Crippen molar-refractivity contribution in [3.63, 3.8) is 0 Å². The largest absolute Gasteiger partial charge is 0.496 e. The molecule has 1 aromatic heterocycles. The number of carbonyl (C=O) groups excluding carboxylic acids is 5. The maximum Gasteiger partial charge on any atom is 0.338 e. The number of nitrogens with zero attached hydrogens (tertiary/aromatic N) is 1. The summed E-state index contributed by atoms with van der Waals surface area (Å²) in [6, 6.07) is 10.6. The third-order valence-electron chi connectivity index (χ3n) is 7.39. The molecular formula is C30H33ClN4O7. The molecule has 42 heavy (non-hydrogen) atoms. The molecule has 4 N–H and O–H groups in total. The fourth-order valence-electron chi connectivity index (χ4n) is 5.24. The molecule has 1 fully saturated rings. The molecule has 222 valence electrons. The van der Waals surface area contributed by atoms with Crippen molar-refractivity contribution >= 4 is 52.4 Å². The number of hydrogen-bond acceptors (Lipinski definition) is 8.